The quantitative estimate of drug-likeness (QED) is 0.798. The van der Waals surface area contributed by atoms with Crippen LogP contribution in [0.15, 0.2) is 42.5 Å². The molecule has 0 bridgehead atoms. The summed E-state index contributed by atoms with van der Waals surface area (Å²) in [5.41, 5.74) is 4.86. The van der Waals surface area contributed by atoms with Crippen LogP contribution in [0.25, 0.3) is 0 Å². The molecule has 0 unspecified atom stereocenters. The molecule has 0 aliphatic heterocycles. The third kappa shape index (κ3) is 5.10. The van der Waals surface area contributed by atoms with Gasteiger partial charge in [0, 0.05) is 0 Å². The zero-order valence-corrected chi connectivity index (χ0v) is 17.0. The van der Waals surface area contributed by atoms with Gasteiger partial charge in [-0.3, -0.25) is 4.79 Å². The summed E-state index contributed by atoms with van der Waals surface area (Å²) in [6, 6.07) is 14.2. The van der Waals surface area contributed by atoms with E-state index in [1.165, 1.54) is 11.1 Å². The van der Waals surface area contributed by atoms with Crippen molar-refractivity contribution >= 4 is 5.91 Å². The van der Waals surface area contributed by atoms with Gasteiger partial charge in [0.2, 0.25) is 0 Å². The second kappa shape index (κ2) is 7.94. The van der Waals surface area contributed by atoms with Gasteiger partial charge in [-0.2, -0.15) is 0 Å². The van der Waals surface area contributed by atoms with Gasteiger partial charge in [0.1, 0.15) is 5.75 Å². The van der Waals surface area contributed by atoms with E-state index in [1.54, 1.807) is 6.92 Å². The molecule has 0 aromatic heterocycles. The zero-order valence-electron chi connectivity index (χ0n) is 17.0. The maximum atomic E-state index is 12.5. The summed E-state index contributed by atoms with van der Waals surface area (Å²) < 4.78 is 5.80. The maximum Gasteiger partial charge on any atom is 0.261 e. The number of carbonyl (C=O) groups excluding carboxylic acids is 1. The fourth-order valence-electron chi connectivity index (χ4n) is 2.73. The summed E-state index contributed by atoms with van der Waals surface area (Å²) in [4.78, 5) is 12.5. The molecule has 2 atom stereocenters. The Morgan fingerprint density at radius 2 is 1.58 bits per heavy atom. The maximum absolute atomic E-state index is 12.5. The Labute approximate surface area is 157 Å². The number of rotatable bonds is 5. The molecule has 0 saturated heterocycles. The second-order valence-electron chi connectivity index (χ2n) is 8.11. The minimum atomic E-state index is -0.548. The van der Waals surface area contributed by atoms with Crippen molar-refractivity contribution in [3.05, 3.63) is 64.7 Å². The van der Waals surface area contributed by atoms with Gasteiger partial charge in [-0.15, -0.1) is 0 Å². The normalized spacial score (nSPS) is 13.8. The number of carbonyl (C=O) groups is 1. The number of nitrogens with one attached hydrogen (secondary N) is 1. The molecule has 3 nitrogen and oxygen atoms in total. The third-order valence-corrected chi connectivity index (χ3v) is 4.80. The molecular weight excluding hydrogens is 322 g/mol. The lowest BCUT2D eigenvalue weighted by atomic mass is 9.86. The highest BCUT2D eigenvalue weighted by Gasteiger charge is 2.19. The predicted molar refractivity (Wildman–Crippen MR) is 108 cm³/mol. The molecule has 0 spiro atoms. The first kappa shape index (κ1) is 20.0. The predicted octanol–water partition coefficient (Wildman–Crippen LogP) is 5.25. The molecule has 0 fully saturated rings. The molecule has 0 heterocycles. The van der Waals surface area contributed by atoms with Gasteiger partial charge in [-0.1, -0.05) is 51.1 Å². The van der Waals surface area contributed by atoms with Crippen LogP contribution in [0.2, 0.25) is 0 Å². The molecule has 2 rings (SSSR count). The first-order valence-corrected chi connectivity index (χ1v) is 9.22. The van der Waals surface area contributed by atoms with Gasteiger partial charge >= 0.3 is 0 Å². The van der Waals surface area contributed by atoms with Crippen molar-refractivity contribution in [3.63, 3.8) is 0 Å². The van der Waals surface area contributed by atoms with E-state index in [2.05, 4.69) is 57.3 Å². The van der Waals surface area contributed by atoms with E-state index in [9.17, 15) is 4.79 Å². The lowest BCUT2D eigenvalue weighted by Crippen LogP contribution is -2.37. The first-order valence-electron chi connectivity index (χ1n) is 9.22. The van der Waals surface area contributed by atoms with Crippen molar-refractivity contribution in [3.8, 4) is 5.75 Å². The highest BCUT2D eigenvalue weighted by Crippen LogP contribution is 2.24. The highest BCUT2D eigenvalue weighted by molar-refractivity contribution is 5.81. The summed E-state index contributed by atoms with van der Waals surface area (Å²) in [6.07, 6.45) is -0.548. The minimum absolute atomic E-state index is 0.0673. The number of benzene rings is 2. The zero-order chi connectivity index (χ0) is 19.5. The van der Waals surface area contributed by atoms with E-state index in [-0.39, 0.29) is 17.4 Å². The van der Waals surface area contributed by atoms with Gasteiger partial charge in [0.15, 0.2) is 6.10 Å². The van der Waals surface area contributed by atoms with Crippen LogP contribution in [0.3, 0.4) is 0 Å². The molecule has 140 valence electrons. The molecule has 3 heteroatoms. The number of aryl methyl sites for hydroxylation is 2. The van der Waals surface area contributed by atoms with Crippen molar-refractivity contribution < 1.29 is 9.53 Å². The van der Waals surface area contributed by atoms with Gasteiger partial charge in [-0.05, 0) is 67.5 Å². The number of hydrogen-bond donors (Lipinski definition) is 1. The summed E-state index contributed by atoms with van der Waals surface area (Å²) in [6.45, 7) is 14.4. The Kier molecular flexibility index (Phi) is 6.12. The summed E-state index contributed by atoms with van der Waals surface area (Å²) in [5.74, 6) is 0.605. The molecular formula is C23H31NO2. The monoisotopic (exact) mass is 353 g/mol. The van der Waals surface area contributed by atoms with E-state index in [0.717, 1.165) is 16.9 Å². The lowest BCUT2D eigenvalue weighted by Gasteiger charge is -2.22. The smallest absolute Gasteiger partial charge is 0.261 e. The molecule has 2 aromatic carbocycles. The Morgan fingerprint density at radius 1 is 0.962 bits per heavy atom. The van der Waals surface area contributed by atoms with E-state index in [4.69, 9.17) is 4.74 Å². The SMILES string of the molecule is Cc1ccc(O[C@H](C)C(=O)N[C@@H](C)c2ccc(C(C)(C)C)cc2)cc1C. The summed E-state index contributed by atoms with van der Waals surface area (Å²) in [5, 5.41) is 3.04. The van der Waals surface area contributed by atoms with Gasteiger partial charge in [0.05, 0.1) is 6.04 Å². The van der Waals surface area contributed by atoms with Crippen LogP contribution in [0.5, 0.6) is 5.75 Å². The van der Waals surface area contributed by atoms with E-state index < -0.39 is 6.10 Å². The first-order chi connectivity index (χ1) is 12.1. The average Bonchev–Trinajstić information content (AvgIpc) is 2.57. The van der Waals surface area contributed by atoms with E-state index >= 15 is 0 Å². The van der Waals surface area contributed by atoms with Crippen molar-refractivity contribution in [1.29, 1.82) is 0 Å². The Bertz CT molecular complexity index is 757. The molecule has 1 amide bonds. The summed E-state index contributed by atoms with van der Waals surface area (Å²) >= 11 is 0. The highest BCUT2D eigenvalue weighted by atomic mass is 16.5. The minimum Gasteiger partial charge on any atom is -0.481 e. The van der Waals surface area contributed by atoms with Gasteiger partial charge in [-0.25, -0.2) is 0 Å². The number of amides is 1. The molecule has 26 heavy (non-hydrogen) atoms. The van der Waals surface area contributed by atoms with Crippen molar-refractivity contribution in [2.75, 3.05) is 0 Å². The van der Waals surface area contributed by atoms with Crippen LogP contribution < -0.4 is 10.1 Å². The Balaban J connectivity index is 1.98. The van der Waals surface area contributed by atoms with Crippen LogP contribution in [0, 0.1) is 13.8 Å². The fraction of sp³-hybridized carbons (Fsp3) is 0.435. The lowest BCUT2D eigenvalue weighted by molar-refractivity contribution is -0.127. The molecule has 0 saturated carbocycles. The second-order valence-corrected chi connectivity index (χ2v) is 8.11. The summed E-state index contributed by atoms with van der Waals surface area (Å²) in [7, 11) is 0. The van der Waals surface area contributed by atoms with E-state index in [0.29, 0.717) is 0 Å². The Hall–Kier alpha value is -2.29. The van der Waals surface area contributed by atoms with Crippen LogP contribution in [0.4, 0.5) is 0 Å². The molecule has 1 N–H and O–H groups in total. The van der Waals surface area contributed by atoms with Crippen LogP contribution in [0.1, 0.15) is 62.9 Å². The van der Waals surface area contributed by atoms with Gasteiger partial charge in [0.25, 0.3) is 5.91 Å². The largest absolute Gasteiger partial charge is 0.481 e. The molecule has 0 aliphatic rings. The van der Waals surface area contributed by atoms with Crippen molar-refractivity contribution in [1.82, 2.24) is 5.32 Å². The standard InChI is InChI=1S/C23H31NO2/c1-15-8-13-21(14-16(15)2)26-18(4)22(25)24-17(3)19-9-11-20(12-10-19)23(5,6)7/h8-14,17-18H,1-7H3,(H,24,25)/t17-,18+/m0/s1. The van der Waals surface area contributed by atoms with E-state index in [1.807, 2.05) is 32.0 Å². The van der Waals surface area contributed by atoms with Crippen molar-refractivity contribution in [2.24, 2.45) is 0 Å². The van der Waals surface area contributed by atoms with Crippen LogP contribution in [-0.2, 0) is 10.2 Å². The third-order valence-electron chi connectivity index (χ3n) is 4.80. The molecule has 2 aromatic rings. The molecule has 0 radical (unpaired) electrons. The van der Waals surface area contributed by atoms with Crippen LogP contribution in [-0.4, -0.2) is 12.0 Å². The molecule has 0 aliphatic carbocycles. The number of hydrogen-bond acceptors (Lipinski definition) is 2. The van der Waals surface area contributed by atoms with Gasteiger partial charge < -0.3 is 10.1 Å². The average molecular weight is 354 g/mol. The van der Waals surface area contributed by atoms with Crippen LogP contribution >= 0.6 is 0 Å². The number of ether oxygens (including phenoxy) is 1. The van der Waals surface area contributed by atoms with Crippen molar-refractivity contribution in [2.45, 2.75) is 66.0 Å². The fourth-order valence-corrected chi connectivity index (χ4v) is 2.73. The Morgan fingerprint density at radius 3 is 2.12 bits per heavy atom. The topological polar surface area (TPSA) is 38.3 Å².